The highest BCUT2D eigenvalue weighted by Crippen LogP contribution is 2.34. The highest BCUT2D eigenvalue weighted by atomic mass is 35.5. The molecule has 2 nitrogen and oxygen atoms in total. The number of nitrogens with one attached hydrogen (secondary N) is 1. The lowest BCUT2D eigenvalue weighted by atomic mass is 10.2. The van der Waals surface area contributed by atoms with Crippen LogP contribution in [0.2, 0.25) is 15.1 Å². The molecule has 0 aliphatic carbocycles. The zero-order valence-electron chi connectivity index (χ0n) is 10.8. The second-order valence-corrected chi connectivity index (χ2v) is 6.20. The molecule has 1 aromatic carbocycles. The first kappa shape index (κ1) is 15.8. The second kappa shape index (κ2) is 7.41. The quantitative estimate of drug-likeness (QED) is 0.695. The molecule has 2 aromatic rings. The minimum Gasteiger partial charge on any atom is -0.369 e. The largest absolute Gasteiger partial charge is 0.369 e. The van der Waals surface area contributed by atoms with Gasteiger partial charge in [0, 0.05) is 17.3 Å². The maximum Gasteiger partial charge on any atom is 0.146 e. The highest BCUT2D eigenvalue weighted by molar-refractivity contribution is 7.98. The van der Waals surface area contributed by atoms with Crippen LogP contribution < -0.4 is 5.32 Å². The van der Waals surface area contributed by atoms with Crippen LogP contribution in [0.25, 0.3) is 0 Å². The predicted molar refractivity (Wildman–Crippen MR) is 89.4 cm³/mol. The van der Waals surface area contributed by atoms with Crippen LogP contribution in [-0.2, 0) is 5.75 Å². The molecule has 0 bridgehead atoms. The van der Waals surface area contributed by atoms with Gasteiger partial charge in [-0.05, 0) is 24.6 Å². The van der Waals surface area contributed by atoms with Crippen molar-refractivity contribution in [1.82, 2.24) is 4.98 Å². The fourth-order valence-corrected chi connectivity index (χ4v) is 3.37. The second-order valence-electron chi connectivity index (χ2n) is 4.02. The molecule has 0 aliphatic heterocycles. The van der Waals surface area contributed by atoms with Gasteiger partial charge in [-0.1, -0.05) is 53.0 Å². The monoisotopic (exact) mass is 346 g/mol. The molecule has 0 fully saturated rings. The number of anilines is 1. The zero-order valence-corrected chi connectivity index (χ0v) is 13.9. The molecule has 6 heteroatoms. The number of aromatic nitrogens is 1. The molecule has 0 atom stereocenters. The van der Waals surface area contributed by atoms with Crippen LogP contribution in [-0.4, -0.2) is 11.5 Å². The third kappa shape index (κ3) is 3.95. The van der Waals surface area contributed by atoms with Gasteiger partial charge in [-0.2, -0.15) is 0 Å². The maximum absolute atomic E-state index is 6.18. The molecular weight excluding hydrogens is 335 g/mol. The maximum atomic E-state index is 6.18. The first-order valence-corrected chi connectivity index (χ1v) is 8.20. The van der Waals surface area contributed by atoms with Crippen molar-refractivity contribution in [2.75, 3.05) is 11.9 Å². The molecule has 1 N–H and O–H groups in total. The van der Waals surface area contributed by atoms with Gasteiger partial charge in [0.15, 0.2) is 0 Å². The van der Waals surface area contributed by atoms with E-state index in [1.165, 1.54) is 11.8 Å². The molecule has 0 saturated heterocycles. The van der Waals surface area contributed by atoms with Gasteiger partial charge in [0.2, 0.25) is 0 Å². The summed E-state index contributed by atoms with van der Waals surface area (Å²) in [4.78, 5) is 4.45. The van der Waals surface area contributed by atoms with Crippen LogP contribution in [0.3, 0.4) is 0 Å². The van der Waals surface area contributed by atoms with Crippen LogP contribution >= 0.6 is 46.6 Å². The molecular formula is C14H13Cl3N2S. The first-order valence-electron chi connectivity index (χ1n) is 6.08. The van der Waals surface area contributed by atoms with Gasteiger partial charge in [-0.25, -0.2) is 4.98 Å². The van der Waals surface area contributed by atoms with E-state index in [4.69, 9.17) is 34.8 Å². The summed E-state index contributed by atoms with van der Waals surface area (Å²) in [5, 5.41) is 5.68. The van der Waals surface area contributed by atoms with Crippen molar-refractivity contribution in [3.63, 3.8) is 0 Å². The average Bonchev–Trinajstić information content (AvgIpc) is 2.42. The number of rotatable bonds is 5. The lowest BCUT2D eigenvalue weighted by Crippen LogP contribution is -2.01. The number of benzene rings is 1. The van der Waals surface area contributed by atoms with Crippen molar-refractivity contribution in [1.29, 1.82) is 0 Å². The van der Waals surface area contributed by atoms with E-state index in [1.54, 1.807) is 6.07 Å². The van der Waals surface area contributed by atoms with Gasteiger partial charge in [0.1, 0.15) is 10.8 Å². The summed E-state index contributed by atoms with van der Waals surface area (Å²) >= 11 is 19.9. The molecule has 106 valence electrons. The molecule has 0 unspecified atom stereocenters. The van der Waals surface area contributed by atoms with E-state index >= 15 is 0 Å². The van der Waals surface area contributed by atoms with Crippen LogP contribution in [0.15, 0.2) is 35.4 Å². The van der Waals surface area contributed by atoms with Gasteiger partial charge < -0.3 is 5.32 Å². The predicted octanol–water partition coefficient (Wildman–Crippen LogP) is 5.77. The van der Waals surface area contributed by atoms with E-state index < -0.39 is 0 Å². The van der Waals surface area contributed by atoms with Crippen LogP contribution in [0.1, 0.15) is 12.5 Å². The summed E-state index contributed by atoms with van der Waals surface area (Å²) in [5.41, 5.74) is 1.05. The molecule has 0 aliphatic rings. The van der Waals surface area contributed by atoms with Crippen molar-refractivity contribution >= 4 is 52.4 Å². The first-order chi connectivity index (χ1) is 9.61. The lowest BCUT2D eigenvalue weighted by molar-refractivity contribution is 1.08. The Morgan fingerprint density at radius 2 is 1.85 bits per heavy atom. The summed E-state index contributed by atoms with van der Waals surface area (Å²) in [6.45, 7) is 2.74. The number of hydrogen-bond acceptors (Lipinski definition) is 3. The van der Waals surface area contributed by atoms with Gasteiger partial charge in [0.05, 0.1) is 10.0 Å². The van der Waals surface area contributed by atoms with Crippen LogP contribution in [0, 0.1) is 0 Å². The summed E-state index contributed by atoms with van der Waals surface area (Å²) in [6.07, 6.45) is 0. The summed E-state index contributed by atoms with van der Waals surface area (Å²) in [7, 11) is 0. The van der Waals surface area contributed by atoms with Crippen molar-refractivity contribution in [3.8, 4) is 0 Å². The minimum atomic E-state index is 0.527. The van der Waals surface area contributed by atoms with Crippen molar-refractivity contribution in [2.45, 2.75) is 17.7 Å². The van der Waals surface area contributed by atoms with Gasteiger partial charge in [-0.3, -0.25) is 0 Å². The van der Waals surface area contributed by atoms with Gasteiger partial charge >= 0.3 is 0 Å². The van der Waals surface area contributed by atoms with Crippen molar-refractivity contribution in [2.24, 2.45) is 0 Å². The Morgan fingerprint density at radius 1 is 1.10 bits per heavy atom. The van der Waals surface area contributed by atoms with E-state index in [0.29, 0.717) is 21.6 Å². The van der Waals surface area contributed by atoms with E-state index in [9.17, 15) is 0 Å². The molecule has 0 radical (unpaired) electrons. The fourth-order valence-electron chi connectivity index (χ4n) is 1.60. The van der Waals surface area contributed by atoms with Gasteiger partial charge in [-0.15, -0.1) is 11.8 Å². The normalized spacial score (nSPS) is 10.6. The summed E-state index contributed by atoms with van der Waals surface area (Å²) < 4.78 is 0. The third-order valence-electron chi connectivity index (χ3n) is 2.56. The average molecular weight is 348 g/mol. The fraction of sp³-hybridized carbons (Fsp3) is 0.214. The zero-order chi connectivity index (χ0) is 14.5. The standard InChI is InChI=1S/C14H13Cl3N2S/c1-2-18-13-11(16)7-12(17)14(19-13)20-8-9-5-3-4-6-10(9)15/h3-7H,2,8H2,1H3,(H,18,19). The molecule has 1 heterocycles. The molecule has 1 aromatic heterocycles. The lowest BCUT2D eigenvalue weighted by Gasteiger charge is -2.10. The van der Waals surface area contributed by atoms with E-state index in [2.05, 4.69) is 10.3 Å². The third-order valence-corrected chi connectivity index (χ3v) is 4.66. The van der Waals surface area contributed by atoms with E-state index in [-0.39, 0.29) is 0 Å². The van der Waals surface area contributed by atoms with E-state index in [0.717, 1.165) is 22.2 Å². The molecule has 20 heavy (non-hydrogen) atoms. The molecule has 0 saturated carbocycles. The highest BCUT2D eigenvalue weighted by Gasteiger charge is 2.10. The number of nitrogens with zero attached hydrogens (tertiary/aromatic N) is 1. The Hall–Kier alpha value is -0.610. The summed E-state index contributed by atoms with van der Waals surface area (Å²) in [6, 6.07) is 9.45. The number of halogens is 3. The molecule has 0 amide bonds. The Labute approximate surface area is 137 Å². The van der Waals surface area contributed by atoms with Crippen molar-refractivity contribution in [3.05, 3.63) is 51.0 Å². The van der Waals surface area contributed by atoms with Crippen LogP contribution in [0.4, 0.5) is 5.82 Å². The van der Waals surface area contributed by atoms with Crippen molar-refractivity contribution < 1.29 is 0 Å². The Kier molecular flexibility index (Phi) is 5.85. The Morgan fingerprint density at radius 3 is 2.55 bits per heavy atom. The topological polar surface area (TPSA) is 24.9 Å². The SMILES string of the molecule is CCNc1nc(SCc2ccccc2Cl)c(Cl)cc1Cl. The molecule has 0 spiro atoms. The van der Waals surface area contributed by atoms with Crippen LogP contribution in [0.5, 0.6) is 0 Å². The Bertz CT molecular complexity index is 605. The summed E-state index contributed by atoms with van der Waals surface area (Å²) in [5.74, 6) is 1.36. The van der Waals surface area contributed by atoms with E-state index in [1.807, 2.05) is 31.2 Å². The number of thioether (sulfide) groups is 1. The smallest absolute Gasteiger partial charge is 0.146 e. The Balaban J connectivity index is 2.17. The van der Waals surface area contributed by atoms with Gasteiger partial charge in [0.25, 0.3) is 0 Å². The number of hydrogen-bond donors (Lipinski definition) is 1. The number of pyridine rings is 1. The molecule has 2 rings (SSSR count). The minimum absolute atomic E-state index is 0.527.